The first-order valence-corrected chi connectivity index (χ1v) is 7.61. The van der Waals surface area contributed by atoms with Gasteiger partial charge in [-0.05, 0) is 69.1 Å². The van der Waals surface area contributed by atoms with Gasteiger partial charge in [0.2, 0.25) is 0 Å². The second-order valence-electron chi connectivity index (χ2n) is 5.15. The lowest BCUT2D eigenvalue weighted by Crippen LogP contribution is -2.10. The number of hydrogen-bond donors (Lipinski definition) is 1. The molecular formula is C15H19N3OS. The summed E-state index contributed by atoms with van der Waals surface area (Å²) in [6, 6.07) is 8.12. The minimum atomic E-state index is 0.394. The molecule has 0 atom stereocenters. The summed E-state index contributed by atoms with van der Waals surface area (Å²) >= 11 is 5.21. The van der Waals surface area contributed by atoms with Gasteiger partial charge in [0.1, 0.15) is 5.75 Å². The zero-order valence-electron chi connectivity index (χ0n) is 11.6. The van der Waals surface area contributed by atoms with Crippen LogP contribution in [0, 0.1) is 4.77 Å². The molecule has 1 aromatic heterocycles. The fraction of sp³-hybridized carbons (Fsp3) is 0.467. The summed E-state index contributed by atoms with van der Waals surface area (Å²) in [6.45, 7) is 2.87. The van der Waals surface area contributed by atoms with Crippen molar-refractivity contribution in [1.82, 2.24) is 14.8 Å². The second kappa shape index (κ2) is 5.79. The molecular weight excluding hydrogens is 270 g/mol. The third kappa shape index (κ3) is 2.63. The molecule has 0 saturated heterocycles. The average Bonchev–Trinajstić information content (AvgIpc) is 3.09. The maximum atomic E-state index is 5.97. The van der Waals surface area contributed by atoms with Crippen LogP contribution in [0.3, 0.4) is 0 Å². The van der Waals surface area contributed by atoms with Crippen molar-refractivity contribution >= 4 is 12.2 Å². The highest BCUT2D eigenvalue weighted by molar-refractivity contribution is 7.71. The van der Waals surface area contributed by atoms with E-state index in [1.807, 2.05) is 28.8 Å². The Labute approximate surface area is 123 Å². The average molecular weight is 289 g/mol. The number of aromatic amines is 1. The van der Waals surface area contributed by atoms with Crippen LogP contribution in [0.2, 0.25) is 0 Å². The summed E-state index contributed by atoms with van der Waals surface area (Å²) in [6.07, 6.45) is 5.32. The Morgan fingerprint density at radius 2 is 2.00 bits per heavy atom. The molecule has 0 radical (unpaired) electrons. The number of aromatic nitrogens is 3. The van der Waals surface area contributed by atoms with Crippen LogP contribution in [-0.4, -0.2) is 20.9 Å². The topological polar surface area (TPSA) is 42.8 Å². The lowest BCUT2D eigenvalue weighted by Gasteiger charge is -2.13. The van der Waals surface area contributed by atoms with Crippen LogP contribution in [0.15, 0.2) is 24.3 Å². The van der Waals surface area contributed by atoms with Crippen molar-refractivity contribution in [1.29, 1.82) is 0 Å². The van der Waals surface area contributed by atoms with E-state index in [4.69, 9.17) is 17.0 Å². The van der Waals surface area contributed by atoms with E-state index in [9.17, 15) is 0 Å². The minimum Gasteiger partial charge on any atom is -0.490 e. The van der Waals surface area contributed by atoms with Gasteiger partial charge in [0.05, 0.1) is 6.10 Å². The number of benzene rings is 1. The molecule has 2 aromatic rings. The molecule has 0 spiro atoms. The summed E-state index contributed by atoms with van der Waals surface area (Å²) in [7, 11) is 0. The van der Waals surface area contributed by atoms with Gasteiger partial charge in [-0.3, -0.25) is 5.10 Å². The summed E-state index contributed by atoms with van der Waals surface area (Å²) < 4.78 is 8.62. The largest absolute Gasteiger partial charge is 0.490 e. The Bertz CT molecular complexity index is 623. The molecule has 1 aliphatic rings. The molecule has 0 unspecified atom stereocenters. The van der Waals surface area contributed by atoms with Gasteiger partial charge >= 0.3 is 0 Å². The minimum absolute atomic E-state index is 0.394. The maximum Gasteiger partial charge on any atom is 0.195 e. The van der Waals surface area contributed by atoms with E-state index >= 15 is 0 Å². The van der Waals surface area contributed by atoms with E-state index in [1.54, 1.807) is 0 Å². The third-order valence-electron chi connectivity index (χ3n) is 3.79. The highest BCUT2D eigenvalue weighted by Crippen LogP contribution is 2.26. The lowest BCUT2D eigenvalue weighted by molar-refractivity contribution is 0.210. The van der Waals surface area contributed by atoms with E-state index in [0.717, 1.165) is 23.7 Å². The Hall–Kier alpha value is -1.62. The number of rotatable bonds is 4. The van der Waals surface area contributed by atoms with Crippen LogP contribution < -0.4 is 4.74 Å². The van der Waals surface area contributed by atoms with Gasteiger partial charge in [-0.15, -0.1) is 0 Å². The SMILES string of the molecule is CCn1c(-c2ccc(OC3CCCC3)cc2)n[nH]c1=S. The van der Waals surface area contributed by atoms with Gasteiger partial charge in [-0.25, -0.2) is 0 Å². The standard InChI is InChI=1S/C15H19N3OS/c1-2-18-14(16-17-15(18)20)11-7-9-13(10-8-11)19-12-5-3-4-6-12/h7-10,12H,2-6H2,1H3,(H,17,20). The van der Waals surface area contributed by atoms with Gasteiger partial charge in [0, 0.05) is 12.1 Å². The van der Waals surface area contributed by atoms with Crippen molar-refractivity contribution < 1.29 is 4.74 Å². The van der Waals surface area contributed by atoms with Crippen LogP contribution in [-0.2, 0) is 6.54 Å². The lowest BCUT2D eigenvalue weighted by atomic mass is 10.2. The maximum absolute atomic E-state index is 5.97. The first kappa shape index (κ1) is 13.4. The summed E-state index contributed by atoms with van der Waals surface area (Å²) in [5, 5.41) is 7.14. The smallest absolute Gasteiger partial charge is 0.195 e. The Morgan fingerprint density at radius 1 is 1.30 bits per heavy atom. The van der Waals surface area contributed by atoms with E-state index < -0.39 is 0 Å². The molecule has 1 aliphatic carbocycles. The summed E-state index contributed by atoms with van der Waals surface area (Å²) in [5.41, 5.74) is 1.05. The van der Waals surface area contributed by atoms with E-state index in [0.29, 0.717) is 10.9 Å². The van der Waals surface area contributed by atoms with Crippen LogP contribution in [0.4, 0.5) is 0 Å². The van der Waals surface area contributed by atoms with Crippen LogP contribution in [0.5, 0.6) is 5.75 Å². The Morgan fingerprint density at radius 3 is 2.65 bits per heavy atom. The molecule has 5 heteroatoms. The quantitative estimate of drug-likeness (QED) is 0.867. The predicted molar refractivity (Wildman–Crippen MR) is 81.4 cm³/mol. The van der Waals surface area contributed by atoms with Crippen LogP contribution >= 0.6 is 12.2 Å². The fourth-order valence-corrected chi connectivity index (χ4v) is 2.97. The Kier molecular flexibility index (Phi) is 3.87. The number of H-pyrrole nitrogens is 1. The molecule has 1 N–H and O–H groups in total. The monoisotopic (exact) mass is 289 g/mol. The number of nitrogens with one attached hydrogen (secondary N) is 1. The molecule has 0 amide bonds. The molecule has 3 rings (SSSR count). The van der Waals surface area contributed by atoms with E-state index in [2.05, 4.69) is 17.1 Å². The van der Waals surface area contributed by atoms with Crippen molar-refractivity contribution in [3.05, 3.63) is 29.0 Å². The first-order chi connectivity index (χ1) is 9.78. The molecule has 1 saturated carbocycles. The van der Waals surface area contributed by atoms with Crippen molar-refractivity contribution in [2.75, 3.05) is 0 Å². The predicted octanol–water partition coefficient (Wildman–Crippen LogP) is 3.95. The van der Waals surface area contributed by atoms with Gasteiger partial charge in [0.15, 0.2) is 10.6 Å². The van der Waals surface area contributed by atoms with Crippen molar-refractivity contribution in [3.63, 3.8) is 0 Å². The second-order valence-corrected chi connectivity index (χ2v) is 5.53. The van der Waals surface area contributed by atoms with Gasteiger partial charge in [-0.2, -0.15) is 5.10 Å². The van der Waals surface area contributed by atoms with Gasteiger partial charge < -0.3 is 9.30 Å². The van der Waals surface area contributed by atoms with Gasteiger partial charge in [-0.1, -0.05) is 0 Å². The molecule has 1 fully saturated rings. The van der Waals surface area contributed by atoms with Crippen molar-refractivity contribution in [3.8, 4) is 17.1 Å². The molecule has 0 aliphatic heterocycles. The summed E-state index contributed by atoms with van der Waals surface area (Å²) in [4.78, 5) is 0. The zero-order chi connectivity index (χ0) is 13.9. The van der Waals surface area contributed by atoms with E-state index in [-0.39, 0.29) is 0 Å². The number of hydrogen-bond acceptors (Lipinski definition) is 3. The Balaban J connectivity index is 1.79. The first-order valence-electron chi connectivity index (χ1n) is 7.20. The highest BCUT2D eigenvalue weighted by Gasteiger charge is 2.16. The molecule has 106 valence electrons. The number of nitrogens with zero attached hydrogens (tertiary/aromatic N) is 2. The molecule has 20 heavy (non-hydrogen) atoms. The zero-order valence-corrected chi connectivity index (χ0v) is 12.4. The third-order valence-corrected chi connectivity index (χ3v) is 4.10. The molecule has 1 heterocycles. The normalized spacial score (nSPS) is 15.7. The molecule has 4 nitrogen and oxygen atoms in total. The van der Waals surface area contributed by atoms with Crippen molar-refractivity contribution in [2.24, 2.45) is 0 Å². The van der Waals surface area contributed by atoms with Gasteiger partial charge in [0.25, 0.3) is 0 Å². The molecule has 1 aromatic carbocycles. The molecule has 0 bridgehead atoms. The van der Waals surface area contributed by atoms with E-state index in [1.165, 1.54) is 25.7 Å². The van der Waals surface area contributed by atoms with Crippen LogP contribution in [0.25, 0.3) is 11.4 Å². The van der Waals surface area contributed by atoms with Crippen molar-refractivity contribution in [2.45, 2.75) is 45.3 Å². The fourth-order valence-electron chi connectivity index (χ4n) is 2.71. The number of ether oxygens (including phenoxy) is 1. The summed E-state index contributed by atoms with van der Waals surface area (Å²) in [5.74, 6) is 1.82. The van der Waals surface area contributed by atoms with Crippen LogP contribution in [0.1, 0.15) is 32.6 Å². The highest BCUT2D eigenvalue weighted by atomic mass is 32.1.